The first kappa shape index (κ1) is 21.9. The van der Waals surface area contributed by atoms with Crippen molar-refractivity contribution in [1.82, 2.24) is 9.21 Å². The first-order chi connectivity index (χ1) is 14.2. The van der Waals surface area contributed by atoms with Gasteiger partial charge in [-0.3, -0.25) is 9.59 Å². The van der Waals surface area contributed by atoms with Crippen LogP contribution < -0.4 is 5.32 Å². The van der Waals surface area contributed by atoms with Crippen molar-refractivity contribution in [2.75, 3.05) is 32.5 Å². The third kappa shape index (κ3) is 4.85. The molecule has 0 unspecified atom stereocenters. The van der Waals surface area contributed by atoms with Crippen LogP contribution in [0.2, 0.25) is 0 Å². The summed E-state index contributed by atoms with van der Waals surface area (Å²) in [6, 6.07) is 11.4. The second-order valence-electron chi connectivity index (χ2n) is 7.40. The van der Waals surface area contributed by atoms with Gasteiger partial charge in [-0.05, 0) is 55.3 Å². The molecule has 1 aliphatic heterocycles. The number of carbonyl (C=O) groups excluding carboxylic acids is 2. The zero-order valence-electron chi connectivity index (χ0n) is 16.8. The Morgan fingerprint density at radius 1 is 1.07 bits per heavy atom. The van der Waals surface area contributed by atoms with Crippen molar-refractivity contribution in [2.24, 2.45) is 5.92 Å². The lowest BCUT2D eigenvalue weighted by Crippen LogP contribution is -2.41. The Hall–Kier alpha value is -2.78. The van der Waals surface area contributed by atoms with E-state index in [0.29, 0.717) is 24.1 Å². The third-order valence-electron chi connectivity index (χ3n) is 5.06. The van der Waals surface area contributed by atoms with Crippen LogP contribution in [0.1, 0.15) is 23.2 Å². The highest BCUT2D eigenvalue weighted by molar-refractivity contribution is 7.89. The van der Waals surface area contributed by atoms with Gasteiger partial charge in [0.05, 0.1) is 4.90 Å². The van der Waals surface area contributed by atoms with E-state index in [9.17, 15) is 22.4 Å². The lowest BCUT2D eigenvalue weighted by molar-refractivity contribution is -0.120. The Bertz CT molecular complexity index is 1030. The fraction of sp³-hybridized carbons (Fsp3) is 0.333. The molecule has 1 N–H and O–H groups in total. The zero-order valence-corrected chi connectivity index (χ0v) is 17.7. The summed E-state index contributed by atoms with van der Waals surface area (Å²) in [5.41, 5.74) is 0.993. The summed E-state index contributed by atoms with van der Waals surface area (Å²) in [4.78, 5) is 26.2. The van der Waals surface area contributed by atoms with Gasteiger partial charge >= 0.3 is 0 Å². The van der Waals surface area contributed by atoms with Gasteiger partial charge in [-0.15, -0.1) is 0 Å². The van der Waals surface area contributed by atoms with E-state index in [1.165, 1.54) is 21.3 Å². The van der Waals surface area contributed by atoms with E-state index in [1.54, 1.807) is 38.4 Å². The maximum atomic E-state index is 13.1. The molecule has 2 aromatic carbocycles. The molecule has 3 rings (SSSR count). The Kier molecular flexibility index (Phi) is 6.52. The Morgan fingerprint density at radius 3 is 2.30 bits per heavy atom. The van der Waals surface area contributed by atoms with Crippen LogP contribution >= 0.6 is 0 Å². The highest BCUT2D eigenvalue weighted by atomic mass is 32.2. The van der Waals surface area contributed by atoms with E-state index in [2.05, 4.69) is 5.32 Å². The minimum atomic E-state index is -3.72. The van der Waals surface area contributed by atoms with Crippen molar-refractivity contribution >= 4 is 27.5 Å². The van der Waals surface area contributed by atoms with Crippen molar-refractivity contribution in [3.8, 4) is 0 Å². The summed E-state index contributed by atoms with van der Waals surface area (Å²) in [6.07, 6.45) is 0.755. The van der Waals surface area contributed by atoms with E-state index in [4.69, 9.17) is 0 Å². The molecule has 9 heteroatoms. The second-order valence-corrected chi connectivity index (χ2v) is 9.34. The number of carbonyl (C=O) groups is 2. The van der Waals surface area contributed by atoms with Gasteiger partial charge in [0.25, 0.3) is 5.91 Å². The highest BCUT2D eigenvalue weighted by Crippen LogP contribution is 2.25. The smallest absolute Gasteiger partial charge is 0.253 e. The molecule has 1 fully saturated rings. The maximum absolute atomic E-state index is 13.1. The molecule has 0 atom stereocenters. The van der Waals surface area contributed by atoms with Gasteiger partial charge in [0.15, 0.2) is 0 Å². The summed E-state index contributed by atoms with van der Waals surface area (Å²) >= 11 is 0. The van der Waals surface area contributed by atoms with Gasteiger partial charge in [-0.1, -0.05) is 6.07 Å². The fourth-order valence-electron chi connectivity index (χ4n) is 3.35. The number of rotatable bonds is 5. The molecule has 0 aromatic heterocycles. The van der Waals surface area contributed by atoms with E-state index in [-0.39, 0.29) is 35.7 Å². The van der Waals surface area contributed by atoms with Crippen molar-refractivity contribution < 1.29 is 22.4 Å². The van der Waals surface area contributed by atoms with Crippen molar-refractivity contribution in [3.05, 3.63) is 59.9 Å². The Labute approximate surface area is 175 Å². The number of nitrogens with zero attached hydrogens (tertiary/aromatic N) is 2. The van der Waals surface area contributed by atoms with Gasteiger partial charge < -0.3 is 10.2 Å². The molecule has 0 radical (unpaired) electrons. The standard InChI is InChI=1S/C21H24FN3O4S/c1-24(2)21(27)16-4-3-5-18(14-16)23-20(26)15-10-12-25(13-11-15)30(28,29)19-8-6-17(22)7-9-19/h3-9,14-15H,10-13H2,1-2H3,(H,23,26). The lowest BCUT2D eigenvalue weighted by Gasteiger charge is -2.30. The molecule has 2 aromatic rings. The summed E-state index contributed by atoms with van der Waals surface area (Å²) in [5, 5.41) is 2.82. The third-order valence-corrected chi connectivity index (χ3v) is 6.97. The monoisotopic (exact) mass is 433 g/mol. The lowest BCUT2D eigenvalue weighted by atomic mass is 9.97. The predicted octanol–water partition coefficient (Wildman–Crippen LogP) is 2.57. The Morgan fingerprint density at radius 2 is 1.70 bits per heavy atom. The molecule has 1 heterocycles. The summed E-state index contributed by atoms with van der Waals surface area (Å²) in [7, 11) is -0.409. The van der Waals surface area contributed by atoms with Crippen LogP contribution in [0.4, 0.5) is 10.1 Å². The molecule has 0 spiro atoms. The van der Waals surface area contributed by atoms with Gasteiger partial charge in [0.2, 0.25) is 15.9 Å². The van der Waals surface area contributed by atoms with Gasteiger partial charge in [-0.2, -0.15) is 4.31 Å². The molecular weight excluding hydrogens is 409 g/mol. The van der Waals surface area contributed by atoms with Crippen molar-refractivity contribution in [3.63, 3.8) is 0 Å². The first-order valence-corrected chi connectivity index (χ1v) is 11.0. The Balaban J connectivity index is 1.61. The van der Waals surface area contributed by atoms with Crippen LogP contribution in [0.25, 0.3) is 0 Å². The molecule has 30 heavy (non-hydrogen) atoms. The first-order valence-electron chi connectivity index (χ1n) is 9.57. The van der Waals surface area contributed by atoms with Gasteiger partial charge in [0.1, 0.15) is 5.82 Å². The average molecular weight is 434 g/mol. The molecule has 0 saturated carbocycles. The predicted molar refractivity (Wildman–Crippen MR) is 111 cm³/mol. The van der Waals surface area contributed by atoms with Crippen LogP contribution in [0.15, 0.2) is 53.4 Å². The minimum Gasteiger partial charge on any atom is -0.345 e. The van der Waals surface area contributed by atoms with Crippen LogP contribution in [0, 0.1) is 11.7 Å². The molecule has 160 valence electrons. The number of hydrogen-bond donors (Lipinski definition) is 1. The number of halogens is 1. The average Bonchev–Trinajstić information content (AvgIpc) is 2.73. The molecule has 2 amide bonds. The quantitative estimate of drug-likeness (QED) is 0.785. The van der Waals surface area contributed by atoms with E-state index in [1.807, 2.05) is 0 Å². The molecule has 7 nitrogen and oxygen atoms in total. The van der Waals surface area contributed by atoms with E-state index >= 15 is 0 Å². The number of nitrogens with one attached hydrogen (secondary N) is 1. The fourth-order valence-corrected chi connectivity index (χ4v) is 4.82. The second kappa shape index (κ2) is 8.93. The number of piperidine rings is 1. The van der Waals surface area contributed by atoms with Crippen molar-refractivity contribution in [1.29, 1.82) is 0 Å². The summed E-state index contributed by atoms with van der Waals surface area (Å²) < 4.78 is 39.8. The molecule has 0 aliphatic carbocycles. The number of anilines is 1. The number of sulfonamides is 1. The normalized spacial score (nSPS) is 15.6. The summed E-state index contributed by atoms with van der Waals surface area (Å²) in [6.45, 7) is 0.411. The maximum Gasteiger partial charge on any atom is 0.253 e. The zero-order chi connectivity index (χ0) is 21.9. The van der Waals surface area contributed by atoms with Crippen LogP contribution in [0.3, 0.4) is 0 Å². The SMILES string of the molecule is CN(C)C(=O)c1cccc(NC(=O)C2CCN(S(=O)(=O)c3ccc(F)cc3)CC2)c1. The largest absolute Gasteiger partial charge is 0.345 e. The molecule has 0 bridgehead atoms. The summed E-state index contributed by atoms with van der Waals surface area (Å²) in [5.74, 6) is -1.20. The van der Waals surface area contributed by atoms with Crippen LogP contribution in [-0.4, -0.2) is 56.6 Å². The molecule has 1 aliphatic rings. The number of hydrogen-bond acceptors (Lipinski definition) is 4. The number of benzene rings is 2. The topological polar surface area (TPSA) is 86.8 Å². The highest BCUT2D eigenvalue weighted by Gasteiger charge is 2.32. The molecule has 1 saturated heterocycles. The van der Waals surface area contributed by atoms with Crippen molar-refractivity contribution in [2.45, 2.75) is 17.7 Å². The van der Waals surface area contributed by atoms with Crippen LogP contribution in [0.5, 0.6) is 0 Å². The molecular formula is C21H24FN3O4S. The minimum absolute atomic E-state index is 0.0363. The van der Waals surface area contributed by atoms with Crippen LogP contribution in [-0.2, 0) is 14.8 Å². The van der Waals surface area contributed by atoms with Gasteiger partial charge in [-0.25, -0.2) is 12.8 Å². The van der Waals surface area contributed by atoms with E-state index in [0.717, 1.165) is 12.1 Å². The van der Waals surface area contributed by atoms with Gasteiger partial charge in [0, 0.05) is 44.4 Å². The van der Waals surface area contributed by atoms with E-state index < -0.39 is 15.8 Å². The number of amides is 2.